The van der Waals surface area contributed by atoms with E-state index in [0.717, 1.165) is 22.6 Å². The first kappa shape index (κ1) is 30.7. The van der Waals surface area contributed by atoms with Gasteiger partial charge in [0, 0.05) is 17.1 Å². The smallest absolute Gasteiger partial charge is 0.0468 e. The number of hydrogen-bond acceptors (Lipinski definition) is 1. The van der Waals surface area contributed by atoms with E-state index < -0.39 is 0 Å². The van der Waals surface area contributed by atoms with Crippen LogP contribution in [-0.2, 0) is 0 Å². The Kier molecular flexibility index (Phi) is 8.85. The summed E-state index contributed by atoms with van der Waals surface area (Å²) < 4.78 is 0. The minimum atomic E-state index is 1.11. The Morgan fingerprint density at radius 2 is 0.812 bits per heavy atom. The zero-order valence-corrected chi connectivity index (χ0v) is 27.8. The van der Waals surface area contributed by atoms with Crippen molar-refractivity contribution in [1.29, 1.82) is 0 Å². The molecule has 1 nitrogen and oxygen atoms in total. The number of benzene rings is 7. The van der Waals surface area contributed by atoms with Gasteiger partial charge in [-0.3, -0.25) is 0 Å². The molecule has 0 radical (unpaired) electrons. The predicted octanol–water partition coefficient (Wildman–Crippen LogP) is 13.3. The fraction of sp³-hybridized carbons (Fsp3) is 0.0638. The predicted molar refractivity (Wildman–Crippen MR) is 207 cm³/mol. The molecule has 232 valence electrons. The molecule has 7 aromatic rings. The van der Waals surface area contributed by atoms with Gasteiger partial charge in [-0.05, 0) is 107 Å². The molecule has 0 saturated heterocycles. The topological polar surface area (TPSA) is 3.24 Å². The van der Waals surface area contributed by atoms with Crippen molar-refractivity contribution >= 4 is 29.2 Å². The summed E-state index contributed by atoms with van der Waals surface area (Å²) in [6, 6.07) is 61.4. The van der Waals surface area contributed by atoms with E-state index in [1.807, 2.05) is 0 Å². The van der Waals surface area contributed by atoms with Crippen molar-refractivity contribution in [1.82, 2.24) is 0 Å². The molecule has 1 heteroatoms. The molecule has 0 aliphatic heterocycles. The maximum Gasteiger partial charge on any atom is 0.0468 e. The van der Waals surface area contributed by atoms with Crippen LogP contribution in [0.5, 0.6) is 0 Å². The van der Waals surface area contributed by atoms with E-state index >= 15 is 0 Å². The zero-order chi connectivity index (χ0) is 32.9. The van der Waals surface area contributed by atoms with Crippen LogP contribution < -0.4 is 4.90 Å². The molecule has 0 saturated carbocycles. The molecule has 0 unspecified atom stereocenters. The van der Waals surface area contributed by atoms with Crippen molar-refractivity contribution in [3.63, 3.8) is 0 Å². The summed E-state index contributed by atoms with van der Waals surface area (Å²) in [7, 11) is 0. The van der Waals surface area contributed by atoms with E-state index in [1.54, 1.807) is 0 Å². The third-order valence-corrected chi connectivity index (χ3v) is 8.99. The lowest BCUT2D eigenvalue weighted by molar-refractivity contribution is 1.27. The molecule has 0 aromatic heterocycles. The number of nitrogens with zero attached hydrogens (tertiary/aromatic N) is 1. The summed E-state index contributed by atoms with van der Waals surface area (Å²) in [5, 5.41) is 0. The lowest BCUT2D eigenvalue weighted by atomic mass is 9.87. The van der Waals surface area contributed by atoms with Crippen LogP contribution in [0.3, 0.4) is 0 Å². The van der Waals surface area contributed by atoms with Crippen molar-refractivity contribution in [2.75, 3.05) is 4.90 Å². The number of anilines is 3. The first-order chi connectivity index (χ1) is 23.5. The lowest BCUT2D eigenvalue weighted by Gasteiger charge is -2.27. The van der Waals surface area contributed by atoms with Crippen molar-refractivity contribution < 1.29 is 0 Å². The summed E-state index contributed by atoms with van der Waals surface area (Å²) >= 11 is 0. The first-order valence-corrected chi connectivity index (χ1v) is 16.6. The van der Waals surface area contributed by atoms with Gasteiger partial charge >= 0.3 is 0 Å². The summed E-state index contributed by atoms with van der Waals surface area (Å²) in [5.41, 5.74) is 16.8. The highest BCUT2D eigenvalue weighted by Crippen LogP contribution is 2.44. The van der Waals surface area contributed by atoms with Crippen LogP contribution in [0.2, 0.25) is 0 Å². The first-order valence-electron chi connectivity index (χ1n) is 16.6. The Balaban J connectivity index is 1.37. The largest absolute Gasteiger partial charge is 0.310 e. The summed E-state index contributed by atoms with van der Waals surface area (Å²) in [4.78, 5) is 2.36. The van der Waals surface area contributed by atoms with Crippen molar-refractivity contribution in [3.05, 3.63) is 198 Å². The highest BCUT2D eigenvalue weighted by molar-refractivity contribution is 5.95. The average molecular weight is 618 g/mol. The van der Waals surface area contributed by atoms with Gasteiger partial charge in [0.25, 0.3) is 0 Å². The molecule has 7 aromatic carbocycles. The Morgan fingerprint density at radius 1 is 0.354 bits per heavy atom. The molecule has 7 rings (SSSR count). The molecular weight excluding hydrogens is 579 g/mol. The van der Waals surface area contributed by atoms with Crippen molar-refractivity contribution in [2.45, 2.75) is 20.8 Å². The lowest BCUT2D eigenvalue weighted by Crippen LogP contribution is -2.10. The molecule has 0 bridgehead atoms. The quantitative estimate of drug-likeness (QED) is 0.153. The normalized spacial score (nSPS) is 11.1. The highest BCUT2D eigenvalue weighted by atomic mass is 15.1. The van der Waals surface area contributed by atoms with Crippen LogP contribution in [0.1, 0.15) is 27.8 Å². The third-order valence-electron chi connectivity index (χ3n) is 8.99. The number of rotatable bonds is 8. The van der Waals surface area contributed by atoms with Crippen LogP contribution in [0.25, 0.3) is 45.5 Å². The molecule has 0 N–H and O–H groups in total. The van der Waals surface area contributed by atoms with E-state index in [2.05, 4.69) is 208 Å². The average Bonchev–Trinajstić information content (AvgIpc) is 3.13. The van der Waals surface area contributed by atoms with Gasteiger partial charge in [-0.15, -0.1) is 0 Å². The monoisotopic (exact) mass is 617 g/mol. The van der Waals surface area contributed by atoms with Gasteiger partial charge in [-0.1, -0.05) is 157 Å². The SMILES string of the molecule is Cc1ccc(/C=C/c2ccc(N(c3ccc(C)cc3)c3ccc(-c4ccccc4C)c(-c4ccccc4-c4ccccc4)c3)cc2)cc1. The van der Waals surface area contributed by atoms with Crippen LogP contribution >= 0.6 is 0 Å². The van der Waals surface area contributed by atoms with Crippen molar-refractivity contribution in [2.24, 2.45) is 0 Å². The zero-order valence-electron chi connectivity index (χ0n) is 27.8. The van der Waals surface area contributed by atoms with Crippen LogP contribution in [0, 0.1) is 20.8 Å². The molecule has 0 amide bonds. The van der Waals surface area contributed by atoms with E-state index in [4.69, 9.17) is 0 Å². The highest BCUT2D eigenvalue weighted by Gasteiger charge is 2.19. The molecule has 48 heavy (non-hydrogen) atoms. The Morgan fingerprint density at radius 3 is 1.44 bits per heavy atom. The minimum Gasteiger partial charge on any atom is -0.310 e. The van der Waals surface area contributed by atoms with Crippen LogP contribution in [-0.4, -0.2) is 0 Å². The van der Waals surface area contributed by atoms with Gasteiger partial charge < -0.3 is 4.90 Å². The Labute approximate surface area is 285 Å². The fourth-order valence-corrected chi connectivity index (χ4v) is 6.34. The maximum atomic E-state index is 2.37. The van der Waals surface area contributed by atoms with Crippen LogP contribution in [0.15, 0.2) is 170 Å². The van der Waals surface area contributed by atoms with Gasteiger partial charge in [-0.25, -0.2) is 0 Å². The minimum absolute atomic E-state index is 1.11. The van der Waals surface area contributed by atoms with Gasteiger partial charge in [0.1, 0.15) is 0 Å². The van der Waals surface area contributed by atoms with Gasteiger partial charge in [-0.2, -0.15) is 0 Å². The Bertz CT molecular complexity index is 2170. The van der Waals surface area contributed by atoms with Gasteiger partial charge in [0.05, 0.1) is 0 Å². The molecule has 0 spiro atoms. The second-order valence-electron chi connectivity index (χ2n) is 12.5. The molecule has 0 aliphatic rings. The number of hydrogen-bond donors (Lipinski definition) is 0. The summed E-state index contributed by atoms with van der Waals surface area (Å²) in [6.07, 6.45) is 4.35. The summed E-state index contributed by atoms with van der Waals surface area (Å²) in [6.45, 7) is 6.45. The molecule has 0 heterocycles. The van der Waals surface area contributed by atoms with Crippen LogP contribution in [0.4, 0.5) is 17.1 Å². The molecule has 0 atom stereocenters. The maximum absolute atomic E-state index is 2.37. The second-order valence-corrected chi connectivity index (χ2v) is 12.5. The number of aryl methyl sites for hydroxylation is 3. The second kappa shape index (κ2) is 13.8. The van der Waals surface area contributed by atoms with E-state index in [-0.39, 0.29) is 0 Å². The fourth-order valence-electron chi connectivity index (χ4n) is 6.34. The van der Waals surface area contributed by atoms with E-state index in [9.17, 15) is 0 Å². The third kappa shape index (κ3) is 6.63. The molecular formula is C47H39N. The molecule has 0 fully saturated rings. The van der Waals surface area contributed by atoms with E-state index in [0.29, 0.717) is 0 Å². The standard InChI is InChI=1S/C47H39N/c1-34-17-21-37(22-18-34)23-24-38-25-29-41(30-26-38)48(40-27-19-35(2)20-28-40)42-31-32-46(43-14-8-7-11-36(43)3)47(33-42)45-16-10-9-15-44(45)39-12-5-4-6-13-39/h4-33H,1-3H3/b24-23+. The van der Waals surface area contributed by atoms with Crippen molar-refractivity contribution in [3.8, 4) is 33.4 Å². The van der Waals surface area contributed by atoms with Gasteiger partial charge in [0.15, 0.2) is 0 Å². The summed E-state index contributed by atoms with van der Waals surface area (Å²) in [5.74, 6) is 0. The Hall–Kier alpha value is -5.92. The molecule has 0 aliphatic carbocycles. The van der Waals surface area contributed by atoms with E-state index in [1.165, 1.54) is 55.6 Å². The van der Waals surface area contributed by atoms with Gasteiger partial charge in [0.2, 0.25) is 0 Å².